The van der Waals surface area contributed by atoms with Crippen molar-refractivity contribution in [3.8, 4) is 0 Å². The first-order valence-electron chi connectivity index (χ1n) is 6.28. The fourth-order valence-corrected chi connectivity index (χ4v) is 2.80. The first-order valence-corrected chi connectivity index (χ1v) is 6.28. The lowest BCUT2D eigenvalue weighted by molar-refractivity contribution is 0.0747. The number of hydrogen-bond acceptors (Lipinski definition) is 3. The van der Waals surface area contributed by atoms with Crippen molar-refractivity contribution in [2.75, 3.05) is 13.1 Å². The van der Waals surface area contributed by atoms with E-state index in [0.717, 1.165) is 19.5 Å². The first kappa shape index (κ1) is 10.7. The zero-order valence-electron chi connectivity index (χ0n) is 9.80. The third-order valence-corrected chi connectivity index (χ3v) is 3.72. The summed E-state index contributed by atoms with van der Waals surface area (Å²) in [5.74, 6) is 0.118. The molecule has 2 aliphatic heterocycles. The summed E-state index contributed by atoms with van der Waals surface area (Å²) in [5.41, 5.74) is 0.699. The van der Waals surface area contributed by atoms with Crippen LogP contribution in [0.15, 0.2) is 24.5 Å². The molecule has 3 rings (SSSR count). The van der Waals surface area contributed by atoms with Gasteiger partial charge in [0, 0.05) is 37.6 Å². The highest BCUT2D eigenvalue weighted by Crippen LogP contribution is 2.21. The van der Waals surface area contributed by atoms with Crippen molar-refractivity contribution in [3.63, 3.8) is 0 Å². The maximum atomic E-state index is 12.3. The molecule has 2 unspecified atom stereocenters. The lowest BCUT2D eigenvalue weighted by atomic mass is 10.1. The van der Waals surface area contributed by atoms with E-state index >= 15 is 0 Å². The van der Waals surface area contributed by atoms with Gasteiger partial charge in [-0.3, -0.25) is 9.78 Å². The minimum Gasteiger partial charge on any atom is -0.337 e. The molecule has 2 atom stereocenters. The van der Waals surface area contributed by atoms with E-state index in [1.807, 2.05) is 17.0 Å². The summed E-state index contributed by atoms with van der Waals surface area (Å²) >= 11 is 0. The highest BCUT2D eigenvalue weighted by molar-refractivity contribution is 5.93. The molecule has 2 bridgehead atoms. The van der Waals surface area contributed by atoms with Crippen molar-refractivity contribution in [1.82, 2.24) is 15.2 Å². The second-order valence-corrected chi connectivity index (χ2v) is 4.92. The van der Waals surface area contributed by atoms with Gasteiger partial charge >= 0.3 is 0 Å². The molecule has 2 aliphatic rings. The van der Waals surface area contributed by atoms with E-state index in [9.17, 15) is 4.79 Å². The van der Waals surface area contributed by atoms with Gasteiger partial charge < -0.3 is 10.2 Å². The maximum Gasteiger partial charge on any atom is 0.255 e. The van der Waals surface area contributed by atoms with Crippen LogP contribution in [0.4, 0.5) is 0 Å². The van der Waals surface area contributed by atoms with Gasteiger partial charge in [-0.25, -0.2) is 0 Å². The van der Waals surface area contributed by atoms with Gasteiger partial charge in [0.05, 0.1) is 5.56 Å². The molecule has 1 aromatic heterocycles. The van der Waals surface area contributed by atoms with Gasteiger partial charge in [0.1, 0.15) is 0 Å². The van der Waals surface area contributed by atoms with Gasteiger partial charge in [-0.05, 0) is 31.4 Å². The molecular weight excluding hydrogens is 214 g/mol. The molecule has 1 N–H and O–H groups in total. The van der Waals surface area contributed by atoms with Crippen LogP contribution < -0.4 is 5.32 Å². The molecule has 0 aliphatic carbocycles. The Balaban J connectivity index is 1.74. The Morgan fingerprint density at radius 3 is 3.06 bits per heavy atom. The third-order valence-electron chi connectivity index (χ3n) is 3.72. The number of carbonyl (C=O) groups excluding carboxylic acids is 1. The summed E-state index contributed by atoms with van der Waals surface area (Å²) in [4.78, 5) is 18.3. The predicted octanol–water partition coefficient (Wildman–Crippen LogP) is 1.05. The number of pyridine rings is 1. The number of amides is 1. The topological polar surface area (TPSA) is 45.2 Å². The summed E-state index contributed by atoms with van der Waals surface area (Å²) in [7, 11) is 0. The third kappa shape index (κ3) is 2.17. The van der Waals surface area contributed by atoms with Crippen molar-refractivity contribution in [2.45, 2.75) is 31.3 Å². The van der Waals surface area contributed by atoms with E-state index in [-0.39, 0.29) is 5.91 Å². The molecule has 90 valence electrons. The Labute approximate surface area is 101 Å². The van der Waals surface area contributed by atoms with Crippen LogP contribution >= 0.6 is 0 Å². The molecule has 3 heterocycles. The van der Waals surface area contributed by atoms with E-state index in [1.165, 1.54) is 12.8 Å². The standard InChI is InChI=1S/C13H17N3O/c17-13(10-2-1-6-14-8-10)16-7-5-11-3-4-12(9-16)15-11/h1-2,6,8,11-12,15H,3-5,7,9H2. The highest BCUT2D eigenvalue weighted by Gasteiger charge is 2.31. The maximum absolute atomic E-state index is 12.3. The van der Waals surface area contributed by atoms with Gasteiger partial charge in [0.15, 0.2) is 0 Å². The van der Waals surface area contributed by atoms with Gasteiger partial charge in [-0.2, -0.15) is 0 Å². The zero-order chi connectivity index (χ0) is 11.7. The molecule has 0 radical (unpaired) electrons. The number of nitrogens with one attached hydrogen (secondary N) is 1. The Hall–Kier alpha value is -1.42. The number of rotatable bonds is 1. The van der Waals surface area contributed by atoms with Crippen LogP contribution in [-0.4, -0.2) is 41.0 Å². The van der Waals surface area contributed by atoms with Crippen molar-refractivity contribution in [2.24, 2.45) is 0 Å². The van der Waals surface area contributed by atoms with Crippen molar-refractivity contribution in [1.29, 1.82) is 0 Å². The number of fused-ring (bicyclic) bond motifs is 2. The van der Waals surface area contributed by atoms with Gasteiger partial charge in [0.25, 0.3) is 5.91 Å². The van der Waals surface area contributed by atoms with Crippen molar-refractivity contribution in [3.05, 3.63) is 30.1 Å². The summed E-state index contributed by atoms with van der Waals surface area (Å²) in [5, 5.41) is 3.58. The van der Waals surface area contributed by atoms with Crippen LogP contribution in [0.2, 0.25) is 0 Å². The Morgan fingerprint density at radius 2 is 2.24 bits per heavy atom. The lowest BCUT2D eigenvalue weighted by Gasteiger charge is -2.24. The molecule has 0 spiro atoms. The Morgan fingerprint density at radius 1 is 1.35 bits per heavy atom. The fourth-order valence-electron chi connectivity index (χ4n) is 2.80. The van der Waals surface area contributed by atoms with Gasteiger partial charge in [-0.15, -0.1) is 0 Å². The normalized spacial score (nSPS) is 27.9. The molecule has 4 nitrogen and oxygen atoms in total. The lowest BCUT2D eigenvalue weighted by Crippen LogP contribution is -2.39. The van der Waals surface area contributed by atoms with Crippen LogP contribution in [0.3, 0.4) is 0 Å². The number of likely N-dealkylation sites (tertiary alicyclic amines) is 1. The smallest absolute Gasteiger partial charge is 0.255 e. The number of aromatic nitrogens is 1. The van der Waals surface area contributed by atoms with Crippen LogP contribution in [0.25, 0.3) is 0 Å². The average molecular weight is 231 g/mol. The Kier molecular flexibility index (Phi) is 2.81. The molecule has 0 saturated carbocycles. The zero-order valence-corrected chi connectivity index (χ0v) is 9.80. The number of hydrogen-bond donors (Lipinski definition) is 1. The van der Waals surface area contributed by atoms with Crippen LogP contribution in [0, 0.1) is 0 Å². The minimum atomic E-state index is 0.118. The van der Waals surface area contributed by atoms with Crippen LogP contribution in [-0.2, 0) is 0 Å². The largest absolute Gasteiger partial charge is 0.337 e. The molecule has 2 saturated heterocycles. The molecular formula is C13H17N3O. The predicted molar refractivity (Wildman–Crippen MR) is 64.7 cm³/mol. The second kappa shape index (κ2) is 4.45. The first-order chi connectivity index (χ1) is 8.33. The fraction of sp³-hybridized carbons (Fsp3) is 0.538. The van der Waals surface area contributed by atoms with E-state index in [2.05, 4.69) is 10.3 Å². The summed E-state index contributed by atoms with van der Waals surface area (Å²) in [6.45, 7) is 1.70. The van der Waals surface area contributed by atoms with Gasteiger partial charge in [-0.1, -0.05) is 0 Å². The van der Waals surface area contributed by atoms with E-state index in [4.69, 9.17) is 0 Å². The molecule has 1 amide bonds. The highest BCUT2D eigenvalue weighted by atomic mass is 16.2. The summed E-state index contributed by atoms with van der Waals surface area (Å²) in [6.07, 6.45) is 6.88. The summed E-state index contributed by atoms with van der Waals surface area (Å²) < 4.78 is 0. The molecule has 17 heavy (non-hydrogen) atoms. The molecule has 2 fully saturated rings. The van der Waals surface area contributed by atoms with Crippen LogP contribution in [0.5, 0.6) is 0 Å². The average Bonchev–Trinajstić information content (AvgIpc) is 2.69. The van der Waals surface area contributed by atoms with Gasteiger partial charge in [0.2, 0.25) is 0 Å². The SMILES string of the molecule is O=C(c1cccnc1)N1CCC2CCC(C1)N2. The molecule has 1 aromatic rings. The van der Waals surface area contributed by atoms with Crippen molar-refractivity contribution < 1.29 is 4.79 Å². The van der Waals surface area contributed by atoms with E-state index < -0.39 is 0 Å². The number of nitrogens with zero attached hydrogens (tertiary/aromatic N) is 2. The molecule has 0 aromatic carbocycles. The quantitative estimate of drug-likeness (QED) is 0.785. The number of carbonyl (C=O) groups is 1. The Bertz CT molecular complexity index is 406. The van der Waals surface area contributed by atoms with Crippen LogP contribution in [0.1, 0.15) is 29.6 Å². The molecule has 4 heteroatoms. The van der Waals surface area contributed by atoms with E-state index in [0.29, 0.717) is 17.6 Å². The second-order valence-electron chi connectivity index (χ2n) is 4.92. The monoisotopic (exact) mass is 231 g/mol. The minimum absolute atomic E-state index is 0.118. The van der Waals surface area contributed by atoms with E-state index in [1.54, 1.807) is 12.4 Å². The van der Waals surface area contributed by atoms with Crippen molar-refractivity contribution >= 4 is 5.91 Å². The summed E-state index contributed by atoms with van der Waals surface area (Å²) in [6, 6.07) is 4.76.